The van der Waals surface area contributed by atoms with Crippen molar-refractivity contribution in [2.75, 3.05) is 46.3 Å². The highest BCUT2D eigenvalue weighted by atomic mass is 32.1. The van der Waals surface area contributed by atoms with Crippen LogP contribution in [-0.4, -0.2) is 77.5 Å². The Hall–Kier alpha value is -1.37. The zero-order valence-corrected chi connectivity index (χ0v) is 16.4. The summed E-state index contributed by atoms with van der Waals surface area (Å²) in [7, 11) is 2.21. The number of thiophene rings is 1. The third-order valence-corrected chi connectivity index (χ3v) is 7.40. The van der Waals surface area contributed by atoms with Gasteiger partial charge in [0.05, 0.1) is 9.58 Å². The summed E-state index contributed by atoms with van der Waals surface area (Å²) in [6.45, 7) is 6.20. The lowest BCUT2D eigenvalue weighted by Gasteiger charge is -2.42. The van der Waals surface area contributed by atoms with Gasteiger partial charge in [0.15, 0.2) is 0 Å². The highest BCUT2D eigenvalue weighted by Gasteiger charge is 2.29. The van der Waals surface area contributed by atoms with Crippen molar-refractivity contribution in [2.24, 2.45) is 0 Å². The van der Waals surface area contributed by atoms with E-state index < -0.39 is 0 Å². The maximum atomic E-state index is 12.9. The van der Waals surface area contributed by atoms with E-state index in [1.165, 1.54) is 48.9 Å². The van der Waals surface area contributed by atoms with Crippen LogP contribution in [0.5, 0.6) is 0 Å². The molecule has 5 rings (SSSR count). The summed E-state index contributed by atoms with van der Waals surface area (Å²) in [6.07, 6.45) is 9.59. The molecule has 2 aromatic heterocycles. The molecule has 0 bridgehead atoms. The van der Waals surface area contributed by atoms with E-state index in [1.54, 1.807) is 11.3 Å². The van der Waals surface area contributed by atoms with Gasteiger partial charge in [-0.05, 0) is 51.9 Å². The van der Waals surface area contributed by atoms with Crippen molar-refractivity contribution < 1.29 is 4.79 Å². The molecular formula is C20H28N4OS. The van der Waals surface area contributed by atoms with Gasteiger partial charge in [-0.3, -0.25) is 9.69 Å². The number of aromatic nitrogens is 1. The lowest BCUT2D eigenvalue weighted by atomic mass is 10.0. The molecule has 3 aliphatic rings. The second kappa shape index (κ2) is 6.66. The van der Waals surface area contributed by atoms with E-state index in [1.807, 2.05) is 0 Å². The second-order valence-corrected chi connectivity index (χ2v) is 9.31. The number of likely N-dealkylation sites (tertiary alicyclic amines) is 1. The van der Waals surface area contributed by atoms with E-state index >= 15 is 0 Å². The van der Waals surface area contributed by atoms with Crippen LogP contribution in [-0.2, 0) is 0 Å². The van der Waals surface area contributed by atoms with E-state index in [0.717, 1.165) is 31.1 Å². The molecule has 26 heavy (non-hydrogen) atoms. The van der Waals surface area contributed by atoms with Crippen LogP contribution in [0.1, 0.15) is 41.4 Å². The van der Waals surface area contributed by atoms with E-state index in [4.69, 9.17) is 0 Å². The van der Waals surface area contributed by atoms with Gasteiger partial charge in [0, 0.05) is 56.0 Å². The molecule has 1 saturated carbocycles. The predicted octanol–water partition coefficient (Wildman–Crippen LogP) is 2.89. The first-order chi connectivity index (χ1) is 12.7. The van der Waals surface area contributed by atoms with Gasteiger partial charge in [-0.25, -0.2) is 0 Å². The Labute approximate surface area is 159 Å². The smallest absolute Gasteiger partial charge is 0.264 e. The largest absolute Gasteiger partial charge is 0.349 e. The molecule has 1 aliphatic carbocycles. The normalized spacial score (nSPS) is 23.8. The number of amides is 1. The first kappa shape index (κ1) is 16.8. The number of hydrogen-bond donors (Lipinski definition) is 0. The lowest BCUT2D eigenvalue weighted by molar-refractivity contribution is 0.0479. The SMILES string of the molecule is CN1CCC(N2CCN(C(=O)c3cc4cn(C5CC5)cc4s3)CC2)CC1. The Morgan fingerprint density at radius 3 is 2.35 bits per heavy atom. The van der Waals surface area contributed by atoms with Crippen molar-refractivity contribution in [2.45, 2.75) is 37.8 Å². The second-order valence-electron chi connectivity index (χ2n) is 8.23. The van der Waals surface area contributed by atoms with Crippen LogP contribution in [0.25, 0.3) is 10.1 Å². The van der Waals surface area contributed by atoms with Gasteiger partial charge in [-0.2, -0.15) is 0 Å². The van der Waals surface area contributed by atoms with Crippen molar-refractivity contribution in [3.05, 3.63) is 23.3 Å². The number of rotatable bonds is 3. The van der Waals surface area contributed by atoms with Crippen LogP contribution >= 0.6 is 11.3 Å². The summed E-state index contributed by atoms with van der Waals surface area (Å²) in [4.78, 5) is 20.9. The van der Waals surface area contributed by atoms with Crippen LogP contribution in [0.4, 0.5) is 0 Å². The fourth-order valence-corrected chi connectivity index (χ4v) is 5.49. The van der Waals surface area contributed by atoms with Gasteiger partial charge in [-0.15, -0.1) is 11.3 Å². The maximum Gasteiger partial charge on any atom is 0.264 e. The molecular weight excluding hydrogens is 344 g/mol. The van der Waals surface area contributed by atoms with Gasteiger partial charge in [0.1, 0.15) is 0 Å². The van der Waals surface area contributed by atoms with E-state index in [9.17, 15) is 4.79 Å². The number of fused-ring (bicyclic) bond motifs is 1. The molecule has 2 aromatic rings. The van der Waals surface area contributed by atoms with Crippen molar-refractivity contribution in [3.8, 4) is 0 Å². The number of piperazine rings is 1. The zero-order valence-electron chi connectivity index (χ0n) is 15.6. The van der Waals surface area contributed by atoms with Gasteiger partial charge in [0.2, 0.25) is 0 Å². The molecule has 2 aliphatic heterocycles. The Kier molecular flexibility index (Phi) is 4.30. The Morgan fingerprint density at radius 1 is 0.962 bits per heavy atom. The highest BCUT2D eigenvalue weighted by Crippen LogP contribution is 2.38. The van der Waals surface area contributed by atoms with Gasteiger partial charge >= 0.3 is 0 Å². The molecule has 0 aromatic carbocycles. The van der Waals surface area contributed by atoms with E-state index in [2.05, 4.69) is 44.8 Å². The Bertz CT molecular complexity index is 760. The fourth-order valence-electron chi connectivity index (χ4n) is 4.45. The molecule has 0 unspecified atom stereocenters. The first-order valence-electron chi connectivity index (χ1n) is 10.0. The molecule has 140 valence electrons. The van der Waals surface area contributed by atoms with Crippen molar-refractivity contribution in [3.63, 3.8) is 0 Å². The van der Waals surface area contributed by atoms with E-state index in [0.29, 0.717) is 12.1 Å². The highest BCUT2D eigenvalue weighted by molar-refractivity contribution is 7.20. The fraction of sp³-hybridized carbons (Fsp3) is 0.650. The summed E-state index contributed by atoms with van der Waals surface area (Å²) in [5.74, 6) is 0.229. The monoisotopic (exact) mass is 372 g/mol. The van der Waals surface area contributed by atoms with Gasteiger partial charge in [0.25, 0.3) is 5.91 Å². The minimum absolute atomic E-state index is 0.229. The van der Waals surface area contributed by atoms with Crippen LogP contribution in [0.3, 0.4) is 0 Å². The Morgan fingerprint density at radius 2 is 1.69 bits per heavy atom. The van der Waals surface area contributed by atoms with E-state index in [-0.39, 0.29) is 5.91 Å². The topological polar surface area (TPSA) is 31.7 Å². The standard InChI is InChI=1S/C20H28N4OS/c1-21-6-4-17(5-7-21)22-8-10-23(11-9-22)20(25)18-12-15-13-24(16-2-3-16)14-19(15)26-18/h12-14,16-17H,2-11H2,1H3. The molecule has 0 radical (unpaired) electrons. The summed E-state index contributed by atoms with van der Waals surface area (Å²) >= 11 is 1.66. The molecule has 4 heterocycles. The van der Waals surface area contributed by atoms with Gasteiger partial charge in [-0.1, -0.05) is 0 Å². The molecule has 1 amide bonds. The summed E-state index contributed by atoms with van der Waals surface area (Å²) in [6, 6.07) is 3.53. The molecule has 0 atom stereocenters. The average molecular weight is 373 g/mol. The van der Waals surface area contributed by atoms with Gasteiger partial charge < -0.3 is 14.4 Å². The minimum Gasteiger partial charge on any atom is -0.349 e. The summed E-state index contributed by atoms with van der Waals surface area (Å²) in [5, 5.41) is 1.23. The lowest BCUT2D eigenvalue weighted by Crippen LogP contribution is -2.54. The maximum absolute atomic E-state index is 12.9. The van der Waals surface area contributed by atoms with Crippen molar-refractivity contribution >= 4 is 27.3 Å². The number of nitrogens with zero attached hydrogens (tertiary/aromatic N) is 4. The molecule has 0 spiro atoms. The molecule has 2 saturated heterocycles. The summed E-state index contributed by atoms with van der Waals surface area (Å²) in [5.41, 5.74) is 0. The zero-order chi connectivity index (χ0) is 17.7. The quantitative estimate of drug-likeness (QED) is 0.830. The minimum atomic E-state index is 0.229. The molecule has 5 nitrogen and oxygen atoms in total. The van der Waals surface area contributed by atoms with Crippen LogP contribution in [0.15, 0.2) is 18.5 Å². The number of carbonyl (C=O) groups is 1. The van der Waals surface area contributed by atoms with Crippen LogP contribution in [0.2, 0.25) is 0 Å². The van der Waals surface area contributed by atoms with Crippen molar-refractivity contribution in [1.82, 2.24) is 19.3 Å². The molecule has 6 heteroatoms. The van der Waals surface area contributed by atoms with Crippen molar-refractivity contribution in [1.29, 1.82) is 0 Å². The average Bonchev–Trinajstić information content (AvgIpc) is 3.32. The summed E-state index contributed by atoms with van der Waals surface area (Å²) < 4.78 is 3.58. The number of piperidine rings is 1. The first-order valence-corrected chi connectivity index (χ1v) is 10.8. The van der Waals surface area contributed by atoms with Crippen LogP contribution in [0, 0.1) is 0 Å². The number of hydrogen-bond acceptors (Lipinski definition) is 4. The van der Waals surface area contributed by atoms with Crippen LogP contribution < -0.4 is 0 Å². The predicted molar refractivity (Wildman–Crippen MR) is 106 cm³/mol. The molecule has 3 fully saturated rings. The third kappa shape index (κ3) is 3.19. The Balaban J connectivity index is 1.20. The third-order valence-electron chi connectivity index (χ3n) is 6.33. The molecule has 0 N–H and O–H groups in total. The number of carbonyl (C=O) groups excluding carboxylic acids is 1.